The number of rotatable bonds is 0. The molecule has 0 amide bonds. The van der Waals surface area contributed by atoms with E-state index in [-0.39, 0.29) is 0 Å². The molecule has 2 nitrogen and oxygen atoms in total. The Hall–Kier alpha value is -1.36. The molecule has 0 unspecified atom stereocenters. The first-order chi connectivity index (χ1) is 6.76. The van der Waals surface area contributed by atoms with Gasteiger partial charge in [-0.25, -0.2) is 0 Å². The monoisotopic (exact) mass is 262 g/mol. The van der Waals surface area contributed by atoms with Gasteiger partial charge in [0.2, 0.25) is 0 Å². The molecule has 1 aromatic heterocycles. The summed E-state index contributed by atoms with van der Waals surface area (Å²) < 4.78 is 1.71. The van der Waals surface area contributed by atoms with Gasteiger partial charge in [0.1, 0.15) is 12.1 Å². The van der Waals surface area contributed by atoms with E-state index in [1.54, 1.807) is 11.4 Å². The summed E-state index contributed by atoms with van der Waals surface area (Å²) >= 11 is 4.78. The van der Waals surface area contributed by atoms with Crippen LogP contribution in [0.1, 0.15) is 11.1 Å². The second kappa shape index (κ2) is 3.42. The zero-order chi connectivity index (χ0) is 10.1. The van der Waals surface area contributed by atoms with Gasteiger partial charge in [-0.05, 0) is 28.1 Å². The first-order valence-electron chi connectivity index (χ1n) is 3.77. The smallest absolute Gasteiger partial charge is 0.101 e. The summed E-state index contributed by atoms with van der Waals surface area (Å²) in [5.41, 5.74) is 1.26. The van der Waals surface area contributed by atoms with Gasteiger partial charge < -0.3 is 0 Å². The van der Waals surface area contributed by atoms with E-state index < -0.39 is 0 Å². The maximum atomic E-state index is 8.82. The molecule has 4 heteroatoms. The van der Waals surface area contributed by atoms with E-state index in [9.17, 15) is 0 Å². The van der Waals surface area contributed by atoms with Gasteiger partial charge in [0, 0.05) is 19.9 Å². The van der Waals surface area contributed by atoms with Crippen LogP contribution in [0.25, 0.3) is 10.1 Å². The molecule has 0 aliphatic carbocycles. The first kappa shape index (κ1) is 9.21. The molecular weight excluding hydrogens is 260 g/mol. The number of hydrogen-bond donors (Lipinski definition) is 0. The summed E-state index contributed by atoms with van der Waals surface area (Å²) in [5, 5.41) is 20.3. The molecule has 1 aromatic carbocycles. The Bertz CT molecular complexity index is 586. The molecule has 0 spiro atoms. The highest BCUT2D eigenvalue weighted by Gasteiger charge is 2.07. The van der Waals surface area contributed by atoms with Gasteiger partial charge in [-0.1, -0.05) is 0 Å². The number of hydrogen-bond acceptors (Lipinski definition) is 3. The maximum Gasteiger partial charge on any atom is 0.101 e. The third kappa shape index (κ3) is 1.29. The standard InChI is InChI=1S/C10H3BrN2S/c11-9-2-8-7(4-13)5-14-10(8)1-6(9)3-12/h1-2,5H. The highest BCUT2D eigenvalue weighted by Crippen LogP contribution is 2.30. The van der Waals surface area contributed by atoms with Gasteiger partial charge in [0.15, 0.2) is 0 Å². The Morgan fingerprint density at radius 1 is 1.14 bits per heavy atom. The molecule has 0 fully saturated rings. The summed E-state index contributed by atoms with van der Waals surface area (Å²) in [7, 11) is 0. The number of nitrogens with zero attached hydrogens (tertiary/aromatic N) is 2. The number of fused-ring (bicyclic) bond motifs is 1. The number of halogens is 1. The lowest BCUT2D eigenvalue weighted by molar-refractivity contribution is 1.48. The van der Waals surface area contributed by atoms with Crippen LogP contribution in [-0.4, -0.2) is 0 Å². The van der Waals surface area contributed by atoms with Gasteiger partial charge >= 0.3 is 0 Å². The topological polar surface area (TPSA) is 47.6 Å². The van der Waals surface area contributed by atoms with E-state index in [1.165, 1.54) is 11.3 Å². The molecule has 0 saturated heterocycles. The van der Waals surface area contributed by atoms with Crippen LogP contribution in [0.15, 0.2) is 22.0 Å². The lowest BCUT2D eigenvalue weighted by atomic mass is 10.1. The molecule has 14 heavy (non-hydrogen) atoms. The SMILES string of the molecule is N#Cc1cc2scc(C#N)c2cc1Br. The van der Waals surface area contributed by atoms with Gasteiger partial charge in [0.25, 0.3) is 0 Å². The molecule has 1 heterocycles. The Kier molecular flexibility index (Phi) is 2.25. The predicted octanol–water partition coefficient (Wildman–Crippen LogP) is 3.41. The Labute approximate surface area is 93.1 Å². The molecular formula is C10H3BrN2S. The van der Waals surface area contributed by atoms with E-state index in [0.717, 1.165) is 14.6 Å². The Balaban J connectivity index is 2.85. The van der Waals surface area contributed by atoms with Gasteiger partial charge in [-0.3, -0.25) is 0 Å². The fourth-order valence-electron chi connectivity index (χ4n) is 1.22. The highest BCUT2D eigenvalue weighted by atomic mass is 79.9. The lowest BCUT2D eigenvalue weighted by Crippen LogP contribution is -1.77. The third-order valence-electron chi connectivity index (χ3n) is 1.90. The normalized spacial score (nSPS) is 9.64. The largest absolute Gasteiger partial charge is 0.192 e. The number of benzene rings is 1. The second-order valence-electron chi connectivity index (χ2n) is 2.70. The molecule has 0 aliphatic heterocycles. The van der Waals surface area contributed by atoms with Crippen molar-refractivity contribution in [2.75, 3.05) is 0 Å². The van der Waals surface area contributed by atoms with Crippen LogP contribution in [0.5, 0.6) is 0 Å². The van der Waals surface area contributed by atoms with Gasteiger partial charge in [-0.2, -0.15) is 10.5 Å². The van der Waals surface area contributed by atoms with E-state index in [1.807, 2.05) is 6.07 Å². The summed E-state index contributed by atoms with van der Waals surface area (Å²) in [5.74, 6) is 0. The van der Waals surface area contributed by atoms with Crippen molar-refractivity contribution in [1.29, 1.82) is 10.5 Å². The van der Waals surface area contributed by atoms with Crippen LogP contribution in [0, 0.1) is 22.7 Å². The Morgan fingerprint density at radius 2 is 1.86 bits per heavy atom. The average Bonchev–Trinajstić information content (AvgIpc) is 2.58. The molecule has 0 saturated carbocycles. The quantitative estimate of drug-likeness (QED) is 0.731. The van der Waals surface area contributed by atoms with E-state index in [0.29, 0.717) is 11.1 Å². The van der Waals surface area contributed by atoms with Crippen LogP contribution in [0.4, 0.5) is 0 Å². The summed E-state index contributed by atoms with van der Waals surface area (Å²) in [6.45, 7) is 0. The molecule has 2 rings (SSSR count). The van der Waals surface area contributed by atoms with Crippen molar-refractivity contribution in [2.45, 2.75) is 0 Å². The van der Waals surface area contributed by atoms with Crippen molar-refractivity contribution in [3.05, 3.63) is 33.1 Å². The van der Waals surface area contributed by atoms with Crippen LogP contribution >= 0.6 is 27.3 Å². The van der Waals surface area contributed by atoms with Crippen LogP contribution in [-0.2, 0) is 0 Å². The highest BCUT2D eigenvalue weighted by molar-refractivity contribution is 9.10. The molecule has 0 N–H and O–H groups in total. The van der Waals surface area contributed by atoms with Crippen molar-refractivity contribution in [3.63, 3.8) is 0 Å². The number of thiophene rings is 1. The molecule has 66 valence electrons. The summed E-state index contributed by atoms with van der Waals surface area (Å²) in [4.78, 5) is 0. The molecule has 0 atom stereocenters. The van der Waals surface area contributed by atoms with Crippen molar-refractivity contribution in [1.82, 2.24) is 0 Å². The predicted molar refractivity (Wildman–Crippen MR) is 59.0 cm³/mol. The van der Waals surface area contributed by atoms with Crippen molar-refractivity contribution >= 4 is 37.4 Å². The van der Waals surface area contributed by atoms with Crippen LogP contribution in [0.2, 0.25) is 0 Å². The fraction of sp³-hybridized carbons (Fsp3) is 0. The molecule has 0 aliphatic rings. The van der Waals surface area contributed by atoms with E-state index in [4.69, 9.17) is 10.5 Å². The van der Waals surface area contributed by atoms with Gasteiger partial charge in [-0.15, -0.1) is 11.3 Å². The zero-order valence-electron chi connectivity index (χ0n) is 6.91. The maximum absolute atomic E-state index is 8.82. The van der Waals surface area contributed by atoms with Crippen molar-refractivity contribution in [2.24, 2.45) is 0 Å². The van der Waals surface area contributed by atoms with E-state index in [2.05, 4.69) is 28.1 Å². The summed E-state index contributed by atoms with van der Waals surface area (Å²) in [6, 6.07) is 7.83. The minimum Gasteiger partial charge on any atom is -0.192 e. The minimum atomic E-state index is 0.601. The number of nitriles is 2. The third-order valence-corrected chi connectivity index (χ3v) is 3.51. The zero-order valence-corrected chi connectivity index (χ0v) is 9.32. The van der Waals surface area contributed by atoms with Gasteiger partial charge in [0.05, 0.1) is 11.1 Å². The Morgan fingerprint density at radius 3 is 2.50 bits per heavy atom. The van der Waals surface area contributed by atoms with Crippen molar-refractivity contribution < 1.29 is 0 Å². The average molecular weight is 263 g/mol. The summed E-state index contributed by atoms with van der Waals surface area (Å²) in [6.07, 6.45) is 0. The lowest BCUT2D eigenvalue weighted by Gasteiger charge is -1.95. The molecule has 2 aromatic rings. The van der Waals surface area contributed by atoms with Crippen LogP contribution < -0.4 is 0 Å². The fourth-order valence-corrected chi connectivity index (χ4v) is 2.56. The van der Waals surface area contributed by atoms with Crippen LogP contribution in [0.3, 0.4) is 0 Å². The molecule has 0 bridgehead atoms. The first-order valence-corrected chi connectivity index (χ1v) is 5.44. The van der Waals surface area contributed by atoms with E-state index >= 15 is 0 Å². The van der Waals surface area contributed by atoms with Crippen molar-refractivity contribution in [3.8, 4) is 12.1 Å². The minimum absolute atomic E-state index is 0.601. The molecule has 0 radical (unpaired) electrons. The second-order valence-corrected chi connectivity index (χ2v) is 4.47.